The predicted molar refractivity (Wildman–Crippen MR) is 158 cm³/mol. The van der Waals surface area contributed by atoms with Crippen LogP contribution in [0.5, 0.6) is 0 Å². The van der Waals surface area contributed by atoms with Crippen LogP contribution in [0.3, 0.4) is 0 Å². The molecule has 0 spiro atoms. The smallest absolute Gasteiger partial charge is 0.208 e. The second kappa shape index (κ2) is 9.25. The van der Waals surface area contributed by atoms with Crippen LogP contribution in [-0.2, 0) is 5.41 Å². The molecule has 38 heavy (non-hydrogen) atoms. The summed E-state index contributed by atoms with van der Waals surface area (Å²) >= 11 is 0. The summed E-state index contributed by atoms with van der Waals surface area (Å²) in [6, 6.07) is 28.5. The maximum atomic E-state index is 13.8. The highest BCUT2D eigenvalue weighted by Crippen LogP contribution is 2.39. The lowest BCUT2D eigenvalue weighted by molar-refractivity contribution is -0.349. The van der Waals surface area contributed by atoms with Crippen LogP contribution in [0.25, 0.3) is 38.9 Å². The quantitative estimate of drug-likeness (QED) is 0.237. The van der Waals surface area contributed by atoms with Crippen molar-refractivity contribution in [2.75, 3.05) is 0 Å². The first kappa shape index (κ1) is 24.1. The Kier molecular flexibility index (Phi) is 5.87. The van der Waals surface area contributed by atoms with Crippen molar-refractivity contribution in [1.29, 1.82) is 0 Å². The van der Waals surface area contributed by atoms with Crippen LogP contribution in [-0.4, -0.2) is 10.3 Å². The third kappa shape index (κ3) is 3.90. The molecule has 2 heterocycles. The normalized spacial score (nSPS) is 14.8. The van der Waals surface area contributed by atoms with Crippen molar-refractivity contribution in [2.24, 2.45) is 0 Å². The fourth-order valence-electron chi connectivity index (χ4n) is 5.96. The van der Waals surface area contributed by atoms with Gasteiger partial charge in [-0.25, -0.2) is 9.38 Å². The lowest BCUT2D eigenvalue weighted by atomic mass is 9.79. The summed E-state index contributed by atoms with van der Waals surface area (Å²) in [5.74, 6) is -0.223. The van der Waals surface area contributed by atoms with Gasteiger partial charge in [-0.05, 0) is 74.4 Å². The van der Waals surface area contributed by atoms with Gasteiger partial charge in [-0.3, -0.25) is 0 Å². The van der Waals surface area contributed by atoms with E-state index in [1.165, 1.54) is 50.8 Å². The Balaban J connectivity index is 1.40. The van der Waals surface area contributed by atoms with E-state index in [1.54, 1.807) is 0 Å². The molecule has 0 aliphatic carbocycles. The van der Waals surface area contributed by atoms with E-state index in [9.17, 15) is 4.39 Å². The van der Waals surface area contributed by atoms with E-state index in [1.807, 2.05) is 12.1 Å². The summed E-state index contributed by atoms with van der Waals surface area (Å²) in [6.45, 7) is 8.97. The Morgan fingerprint density at radius 2 is 1.47 bits per heavy atom. The molecule has 0 bridgehead atoms. The predicted octanol–water partition coefficient (Wildman–Crippen LogP) is 7.90. The van der Waals surface area contributed by atoms with Gasteiger partial charge in [0.1, 0.15) is 5.82 Å². The van der Waals surface area contributed by atoms with Gasteiger partial charge in [-0.15, -0.1) is 0 Å². The largest absolute Gasteiger partial charge is 0.338 e. The third-order valence-corrected chi connectivity index (χ3v) is 7.72. The topological polar surface area (TPSA) is 18.9 Å². The second-order valence-electron chi connectivity index (χ2n) is 10.8. The van der Waals surface area contributed by atoms with Gasteiger partial charge in [0.05, 0.1) is 5.41 Å². The van der Waals surface area contributed by atoms with Crippen LogP contribution in [0.2, 0.25) is 0 Å². The number of para-hydroxylation sites is 1. The first-order chi connectivity index (χ1) is 18.4. The van der Waals surface area contributed by atoms with Gasteiger partial charge in [0.15, 0.2) is 5.71 Å². The van der Waals surface area contributed by atoms with Gasteiger partial charge in [-0.1, -0.05) is 66.7 Å². The summed E-state index contributed by atoms with van der Waals surface area (Å²) in [4.78, 5) is 3.66. The molecule has 0 saturated carbocycles. The van der Waals surface area contributed by atoms with Crippen LogP contribution in [0.1, 0.15) is 45.0 Å². The van der Waals surface area contributed by atoms with Crippen molar-refractivity contribution in [2.45, 2.75) is 39.2 Å². The van der Waals surface area contributed by atoms with Crippen LogP contribution in [0.15, 0.2) is 103 Å². The highest BCUT2D eigenvalue weighted by molar-refractivity contribution is 6.07. The molecule has 1 aliphatic rings. The van der Waals surface area contributed by atoms with Gasteiger partial charge >= 0.3 is 0 Å². The zero-order valence-electron chi connectivity index (χ0n) is 22.3. The van der Waals surface area contributed by atoms with Gasteiger partial charge in [-0.2, -0.15) is 0 Å². The number of halogens is 1. The zero-order valence-corrected chi connectivity index (χ0v) is 22.3. The van der Waals surface area contributed by atoms with E-state index >= 15 is 0 Å². The monoisotopic (exact) mass is 499 g/mol. The molecule has 2 nitrogen and oxygen atoms in total. The number of benzene rings is 4. The third-order valence-electron chi connectivity index (χ3n) is 7.72. The number of aromatic nitrogens is 1. The fourth-order valence-corrected chi connectivity index (χ4v) is 5.96. The number of hydrogen-bond acceptors (Lipinski definition) is 0. The Hall–Kier alpha value is -4.24. The van der Waals surface area contributed by atoms with E-state index < -0.39 is 0 Å². The van der Waals surface area contributed by atoms with Crippen LogP contribution in [0, 0.1) is 5.82 Å². The van der Waals surface area contributed by atoms with E-state index in [0.29, 0.717) is 0 Å². The molecular weight excluding hydrogens is 467 g/mol. The second-order valence-corrected chi connectivity index (χ2v) is 10.8. The maximum absolute atomic E-state index is 13.8. The molecule has 0 saturated heterocycles. The van der Waals surface area contributed by atoms with Crippen LogP contribution >= 0.6 is 0 Å². The highest BCUT2D eigenvalue weighted by Gasteiger charge is 2.41. The van der Waals surface area contributed by atoms with E-state index in [4.69, 9.17) is 0 Å². The van der Waals surface area contributed by atoms with Gasteiger partial charge in [0.2, 0.25) is 5.69 Å². The first-order valence-corrected chi connectivity index (χ1v) is 13.3. The maximum Gasteiger partial charge on any atom is 0.208 e. The minimum atomic E-state index is -0.223. The van der Waals surface area contributed by atoms with Gasteiger partial charge < -0.3 is 4.57 Å². The Morgan fingerprint density at radius 1 is 0.789 bits per heavy atom. The summed E-state index contributed by atoms with van der Waals surface area (Å²) in [7, 11) is 0. The first-order valence-electron chi connectivity index (χ1n) is 13.3. The number of rotatable bonds is 5. The molecule has 1 N–H and O–H groups in total. The van der Waals surface area contributed by atoms with Crippen molar-refractivity contribution in [1.82, 2.24) is 4.57 Å². The molecule has 5 aromatic rings. The minimum Gasteiger partial charge on any atom is -0.338 e. The average Bonchev–Trinajstić information content (AvgIpc) is 3.38. The SMILES string of the molecule is CC(C)n1c(/C=C/C=C/C2=[NH+]c3ccc4ccccc4c3C2(C)C)c(-c2ccc(F)cc2)c2ccccc21. The van der Waals surface area contributed by atoms with Crippen molar-refractivity contribution < 1.29 is 9.38 Å². The Morgan fingerprint density at radius 3 is 2.24 bits per heavy atom. The van der Waals surface area contributed by atoms with Crippen molar-refractivity contribution in [3.8, 4) is 11.1 Å². The van der Waals surface area contributed by atoms with Gasteiger partial charge in [0, 0.05) is 45.9 Å². The number of fused-ring (bicyclic) bond motifs is 4. The number of hydrogen-bond donors (Lipinski definition) is 1. The van der Waals surface area contributed by atoms with Crippen LogP contribution in [0.4, 0.5) is 10.1 Å². The fraction of sp³-hybridized carbons (Fsp3) is 0.171. The molecule has 0 radical (unpaired) electrons. The van der Waals surface area contributed by atoms with E-state index in [2.05, 4.69) is 122 Å². The van der Waals surface area contributed by atoms with E-state index in [-0.39, 0.29) is 17.3 Å². The summed E-state index contributed by atoms with van der Waals surface area (Å²) in [6.07, 6.45) is 8.60. The number of nitrogens with zero attached hydrogens (tertiary/aromatic N) is 1. The molecule has 4 aromatic carbocycles. The lowest BCUT2D eigenvalue weighted by Gasteiger charge is -2.17. The molecular formula is C35H32FN2+. The zero-order chi connectivity index (χ0) is 26.4. The molecule has 0 atom stereocenters. The van der Waals surface area contributed by atoms with Crippen molar-refractivity contribution >= 4 is 39.2 Å². The molecule has 0 amide bonds. The van der Waals surface area contributed by atoms with Crippen molar-refractivity contribution in [3.05, 3.63) is 120 Å². The van der Waals surface area contributed by atoms with Gasteiger partial charge in [0.25, 0.3) is 0 Å². The summed E-state index contributed by atoms with van der Waals surface area (Å²) in [5, 5.41) is 3.74. The van der Waals surface area contributed by atoms with Crippen LogP contribution < -0.4 is 4.99 Å². The number of allylic oxidation sites excluding steroid dienone is 3. The summed E-state index contributed by atoms with van der Waals surface area (Å²) in [5.41, 5.74) is 8.01. The molecule has 1 aromatic heterocycles. The van der Waals surface area contributed by atoms with Crippen molar-refractivity contribution in [3.63, 3.8) is 0 Å². The molecule has 0 unspecified atom stereocenters. The lowest BCUT2D eigenvalue weighted by Crippen LogP contribution is -2.65. The summed E-state index contributed by atoms with van der Waals surface area (Å²) < 4.78 is 16.1. The molecule has 188 valence electrons. The van der Waals surface area contributed by atoms with E-state index in [0.717, 1.165) is 16.8 Å². The minimum absolute atomic E-state index is 0.132. The molecule has 3 heteroatoms. The molecule has 6 rings (SSSR count). The Labute approximate surface area is 223 Å². The average molecular weight is 500 g/mol. The Bertz CT molecular complexity index is 1760. The highest BCUT2D eigenvalue weighted by atomic mass is 19.1. The number of nitrogens with one attached hydrogen (secondary N) is 1. The molecule has 0 fully saturated rings. The molecule has 1 aliphatic heterocycles. The standard InChI is InChI=1S/C35H31FN2/c1-23(2)38-30-14-8-7-13-28(30)33(25-17-20-26(36)21-18-25)31(38)15-9-10-16-32-35(3,4)34-27-12-6-5-11-24(27)19-22-29(34)37-32/h5-23H,1-4H3/p+1/b15-9+,16-10+.